The van der Waals surface area contributed by atoms with E-state index in [2.05, 4.69) is 18.1 Å². The van der Waals surface area contributed by atoms with Crippen LogP contribution in [0.15, 0.2) is 17.1 Å². The van der Waals surface area contributed by atoms with Crippen molar-refractivity contribution in [2.24, 2.45) is 0 Å². The molecule has 0 amide bonds. The van der Waals surface area contributed by atoms with E-state index < -0.39 is 60.0 Å². The molecule has 2 heterocycles. The van der Waals surface area contributed by atoms with E-state index in [9.17, 15) is 33.6 Å². The quantitative estimate of drug-likeness (QED) is 0.169. The number of hydrogen-bond donors (Lipinski definition) is 7. The third-order valence-corrected chi connectivity index (χ3v) is 7.47. The maximum absolute atomic E-state index is 12.1. The minimum absolute atomic E-state index is 0.176. The first-order chi connectivity index (χ1) is 14.0. The van der Waals surface area contributed by atoms with Crippen molar-refractivity contribution in [2.45, 2.75) is 24.2 Å². The standard InChI is InChI=1S/C10H18N3O15P3/c1-24-10(13-3-2-6(11)12-9(13)16)8(15)7(14)5(26-10)4-25-30(20,21)28-31(22,23)27-29(17,18)19/h2-3,5,7-8,14-15H,4H2,1H3,(H,20,21)(H,22,23)(H2,11,12,16)(H2,17,18,19)/t5-,7-,8-,10-/m1/s1. The number of nitrogens with zero attached hydrogens (tertiary/aromatic N) is 2. The molecule has 2 rings (SSSR count). The number of hydrogen-bond acceptors (Lipinski definition) is 13. The van der Waals surface area contributed by atoms with Crippen molar-refractivity contribution in [2.75, 3.05) is 19.5 Å². The van der Waals surface area contributed by atoms with E-state index in [-0.39, 0.29) is 5.82 Å². The molecule has 0 bridgehead atoms. The summed E-state index contributed by atoms with van der Waals surface area (Å²) in [4.78, 5) is 51.0. The predicted octanol–water partition coefficient (Wildman–Crippen LogP) is -2.45. The van der Waals surface area contributed by atoms with Crippen LogP contribution < -0.4 is 11.4 Å². The summed E-state index contributed by atoms with van der Waals surface area (Å²) in [5, 5.41) is 20.5. The Kier molecular flexibility index (Phi) is 7.65. The SMILES string of the molecule is CO[C@@]1(n2ccc(N)nc2=O)O[C@H](COP(=O)(O)OP(=O)(O)OP(=O)(O)O)[C@@H](O)[C@H]1O. The highest BCUT2D eigenvalue weighted by Crippen LogP contribution is 2.66. The summed E-state index contributed by atoms with van der Waals surface area (Å²) in [6.45, 7) is -1.11. The van der Waals surface area contributed by atoms with Crippen LogP contribution in [0.1, 0.15) is 0 Å². The molecule has 0 saturated carbocycles. The first-order valence-corrected chi connectivity index (χ1v) is 12.3. The van der Waals surface area contributed by atoms with E-state index in [0.717, 1.165) is 19.4 Å². The van der Waals surface area contributed by atoms with E-state index in [1.54, 1.807) is 0 Å². The summed E-state index contributed by atoms with van der Waals surface area (Å²) in [5.41, 5.74) is 4.32. The first kappa shape index (κ1) is 26.2. The fourth-order valence-electron chi connectivity index (χ4n) is 2.50. The van der Waals surface area contributed by atoms with Crippen molar-refractivity contribution in [3.63, 3.8) is 0 Å². The molecule has 8 N–H and O–H groups in total. The van der Waals surface area contributed by atoms with Gasteiger partial charge in [0.2, 0.25) is 0 Å². The summed E-state index contributed by atoms with van der Waals surface area (Å²) >= 11 is 0. The van der Waals surface area contributed by atoms with Crippen molar-refractivity contribution >= 4 is 29.3 Å². The molecule has 1 aromatic rings. The van der Waals surface area contributed by atoms with Gasteiger partial charge in [0.1, 0.15) is 18.0 Å². The monoisotopic (exact) mass is 513 g/mol. The van der Waals surface area contributed by atoms with Crippen LogP contribution in [-0.2, 0) is 42.2 Å². The highest BCUT2D eigenvalue weighted by molar-refractivity contribution is 7.66. The van der Waals surface area contributed by atoms with Gasteiger partial charge in [0.05, 0.1) is 6.61 Å². The van der Waals surface area contributed by atoms with Gasteiger partial charge >= 0.3 is 29.2 Å². The zero-order valence-electron chi connectivity index (χ0n) is 15.3. The zero-order chi connectivity index (χ0) is 23.8. The van der Waals surface area contributed by atoms with E-state index in [1.807, 2.05) is 0 Å². The van der Waals surface area contributed by atoms with E-state index >= 15 is 0 Å². The minimum Gasteiger partial charge on any atom is -0.387 e. The molecule has 0 spiro atoms. The molecule has 2 unspecified atom stereocenters. The van der Waals surface area contributed by atoms with Crippen LogP contribution in [0, 0.1) is 0 Å². The summed E-state index contributed by atoms with van der Waals surface area (Å²) < 4.78 is 56.1. The van der Waals surface area contributed by atoms with Crippen LogP contribution in [0.3, 0.4) is 0 Å². The van der Waals surface area contributed by atoms with E-state index in [0.29, 0.717) is 4.57 Å². The highest BCUT2D eigenvalue weighted by Gasteiger charge is 2.57. The number of aliphatic hydroxyl groups excluding tert-OH is 2. The fraction of sp³-hybridized carbons (Fsp3) is 0.600. The second-order valence-electron chi connectivity index (χ2n) is 5.82. The Morgan fingerprint density at radius 1 is 1.19 bits per heavy atom. The van der Waals surface area contributed by atoms with Gasteiger partial charge in [-0.15, -0.1) is 0 Å². The van der Waals surface area contributed by atoms with Crippen molar-refractivity contribution in [1.82, 2.24) is 9.55 Å². The predicted molar refractivity (Wildman–Crippen MR) is 94.6 cm³/mol. The lowest BCUT2D eigenvalue weighted by molar-refractivity contribution is -0.305. The van der Waals surface area contributed by atoms with Crippen LogP contribution in [0.4, 0.5) is 5.82 Å². The molecule has 1 saturated heterocycles. The van der Waals surface area contributed by atoms with Crippen LogP contribution >= 0.6 is 23.5 Å². The number of aliphatic hydroxyl groups is 2. The number of methoxy groups -OCH3 is 1. The first-order valence-electron chi connectivity index (χ1n) is 7.75. The van der Waals surface area contributed by atoms with Gasteiger partial charge in [0.25, 0.3) is 5.91 Å². The normalized spacial score (nSPS) is 30.6. The Labute approximate surface area is 172 Å². The average Bonchev–Trinajstić information content (AvgIpc) is 2.82. The number of anilines is 1. The number of nitrogens with two attached hydrogens (primary N) is 1. The molecular weight excluding hydrogens is 495 g/mol. The molecule has 0 radical (unpaired) electrons. The van der Waals surface area contributed by atoms with Gasteiger partial charge in [-0.1, -0.05) is 0 Å². The maximum atomic E-state index is 12.1. The highest BCUT2D eigenvalue weighted by atomic mass is 31.3. The van der Waals surface area contributed by atoms with E-state index in [4.69, 9.17) is 29.9 Å². The number of nitrogen functional groups attached to an aromatic ring is 1. The summed E-state index contributed by atoms with van der Waals surface area (Å²) in [6.07, 6.45) is -4.55. The van der Waals surface area contributed by atoms with Crippen molar-refractivity contribution < 1.29 is 66.1 Å². The van der Waals surface area contributed by atoms with Crippen molar-refractivity contribution in [3.8, 4) is 0 Å². The largest absolute Gasteiger partial charge is 0.490 e. The summed E-state index contributed by atoms with van der Waals surface area (Å²) in [7, 11) is -15.9. The zero-order valence-corrected chi connectivity index (χ0v) is 17.9. The molecule has 0 aromatic carbocycles. The minimum atomic E-state index is -5.76. The second kappa shape index (κ2) is 9.05. The van der Waals surface area contributed by atoms with Crippen LogP contribution in [-0.4, -0.2) is 71.4 Å². The lowest BCUT2D eigenvalue weighted by Gasteiger charge is -2.31. The molecule has 31 heavy (non-hydrogen) atoms. The number of phosphoric acid groups is 3. The van der Waals surface area contributed by atoms with Gasteiger partial charge < -0.3 is 45.0 Å². The van der Waals surface area contributed by atoms with Gasteiger partial charge in [-0.05, 0) is 6.07 Å². The Morgan fingerprint density at radius 2 is 1.81 bits per heavy atom. The van der Waals surface area contributed by atoms with Crippen LogP contribution in [0.25, 0.3) is 0 Å². The van der Waals surface area contributed by atoms with Crippen LogP contribution in [0.5, 0.6) is 0 Å². The van der Waals surface area contributed by atoms with Gasteiger partial charge in [-0.2, -0.15) is 13.6 Å². The molecule has 1 aliphatic rings. The van der Waals surface area contributed by atoms with Crippen molar-refractivity contribution in [1.29, 1.82) is 0 Å². The van der Waals surface area contributed by atoms with Gasteiger partial charge in [-0.25, -0.2) is 23.1 Å². The molecule has 1 aromatic heterocycles. The third-order valence-electron chi connectivity index (χ3n) is 3.67. The number of phosphoric ester groups is 1. The smallest absolute Gasteiger partial charge is 0.387 e. The molecule has 6 atom stereocenters. The molecule has 1 aliphatic heterocycles. The number of ether oxygens (including phenoxy) is 2. The molecular formula is C10H18N3O15P3. The molecule has 178 valence electrons. The third kappa shape index (κ3) is 6.25. The number of rotatable bonds is 9. The lowest BCUT2D eigenvalue weighted by Crippen LogP contribution is -2.51. The Bertz CT molecular complexity index is 1010. The topological polar surface area (TPSA) is 280 Å². The van der Waals surface area contributed by atoms with E-state index in [1.165, 1.54) is 0 Å². The van der Waals surface area contributed by atoms with Crippen LogP contribution in [0.2, 0.25) is 0 Å². The number of aromatic nitrogens is 2. The van der Waals surface area contributed by atoms with Crippen molar-refractivity contribution in [3.05, 3.63) is 22.7 Å². The molecule has 0 aliphatic carbocycles. The van der Waals surface area contributed by atoms with Gasteiger partial charge in [0.15, 0.2) is 6.10 Å². The Hall–Kier alpha value is -1.07. The fourth-order valence-corrected chi connectivity index (χ4v) is 5.53. The Balaban J connectivity index is 2.18. The summed E-state index contributed by atoms with van der Waals surface area (Å²) in [6, 6.07) is 1.14. The molecule has 1 fully saturated rings. The molecule has 18 nitrogen and oxygen atoms in total. The average molecular weight is 513 g/mol. The summed E-state index contributed by atoms with van der Waals surface area (Å²) in [5.74, 6) is -2.55. The Morgan fingerprint density at radius 3 is 2.32 bits per heavy atom. The van der Waals surface area contributed by atoms with Gasteiger partial charge in [0, 0.05) is 13.3 Å². The lowest BCUT2D eigenvalue weighted by atomic mass is 10.1. The molecule has 21 heteroatoms. The maximum Gasteiger partial charge on any atom is 0.490 e. The van der Waals surface area contributed by atoms with Gasteiger partial charge in [-0.3, -0.25) is 4.52 Å². The second-order valence-corrected chi connectivity index (χ2v) is 10.2.